The molecule has 0 aliphatic carbocycles. The van der Waals surface area contributed by atoms with E-state index in [0.29, 0.717) is 37.6 Å². The highest BCUT2D eigenvalue weighted by molar-refractivity contribution is 5.94. The molecule has 136 valence electrons. The number of morpholine rings is 1. The van der Waals surface area contributed by atoms with Crippen molar-refractivity contribution >= 4 is 11.9 Å². The standard InChI is InChI=1S/C18H23NO6/c20-17(21)10-16-11-19(7-9-24-16)18(22)13-3-5-14(6-4-13)25-12-15-2-1-8-23-15/h3-6,15-16H,1-2,7-12H2,(H,20,21)/t15-,16+/m0/s1. The zero-order valence-electron chi connectivity index (χ0n) is 14.1. The molecule has 1 aromatic rings. The molecule has 0 aromatic heterocycles. The minimum absolute atomic E-state index is 0.0974. The van der Waals surface area contributed by atoms with Gasteiger partial charge in [0.2, 0.25) is 0 Å². The fraction of sp³-hybridized carbons (Fsp3) is 0.556. The number of rotatable bonds is 6. The summed E-state index contributed by atoms with van der Waals surface area (Å²) < 4.78 is 16.6. The number of hydrogen-bond donors (Lipinski definition) is 1. The molecule has 0 unspecified atom stereocenters. The molecule has 2 fully saturated rings. The van der Waals surface area contributed by atoms with Crippen LogP contribution >= 0.6 is 0 Å². The van der Waals surface area contributed by atoms with Crippen LogP contribution in [0.5, 0.6) is 5.75 Å². The molecule has 2 aliphatic rings. The monoisotopic (exact) mass is 349 g/mol. The summed E-state index contributed by atoms with van der Waals surface area (Å²) in [5.74, 6) is -0.339. The van der Waals surface area contributed by atoms with Crippen molar-refractivity contribution in [2.45, 2.75) is 31.5 Å². The van der Waals surface area contributed by atoms with Gasteiger partial charge in [-0.3, -0.25) is 9.59 Å². The highest BCUT2D eigenvalue weighted by atomic mass is 16.5. The van der Waals surface area contributed by atoms with Crippen LogP contribution in [0.3, 0.4) is 0 Å². The van der Waals surface area contributed by atoms with Crippen LogP contribution in [-0.4, -0.2) is 67.0 Å². The average Bonchev–Trinajstić information content (AvgIpc) is 3.13. The number of carbonyl (C=O) groups excluding carboxylic acids is 1. The van der Waals surface area contributed by atoms with E-state index in [-0.39, 0.29) is 18.4 Å². The molecule has 2 saturated heterocycles. The molecule has 0 radical (unpaired) electrons. The smallest absolute Gasteiger partial charge is 0.306 e. The summed E-state index contributed by atoms with van der Waals surface area (Å²) in [6.07, 6.45) is 1.69. The number of nitrogens with zero attached hydrogens (tertiary/aromatic N) is 1. The van der Waals surface area contributed by atoms with Gasteiger partial charge in [-0.1, -0.05) is 0 Å². The fourth-order valence-corrected chi connectivity index (χ4v) is 3.06. The maximum absolute atomic E-state index is 12.6. The molecule has 2 aliphatic heterocycles. The van der Waals surface area contributed by atoms with Gasteiger partial charge in [0.15, 0.2) is 0 Å². The number of amides is 1. The minimum atomic E-state index is -0.924. The van der Waals surface area contributed by atoms with Crippen molar-refractivity contribution in [1.82, 2.24) is 4.90 Å². The second-order valence-corrected chi connectivity index (χ2v) is 6.31. The van der Waals surface area contributed by atoms with Crippen LogP contribution in [-0.2, 0) is 14.3 Å². The van der Waals surface area contributed by atoms with E-state index < -0.39 is 12.1 Å². The van der Waals surface area contributed by atoms with Crippen LogP contribution in [0.25, 0.3) is 0 Å². The zero-order valence-corrected chi connectivity index (χ0v) is 14.1. The molecule has 0 bridgehead atoms. The summed E-state index contributed by atoms with van der Waals surface area (Å²) in [4.78, 5) is 25.0. The van der Waals surface area contributed by atoms with Crippen molar-refractivity contribution in [2.75, 3.05) is 32.9 Å². The Labute approximate surface area is 146 Å². The summed E-state index contributed by atoms with van der Waals surface area (Å²) in [6, 6.07) is 7.01. The van der Waals surface area contributed by atoms with Crippen LogP contribution in [0, 0.1) is 0 Å². The largest absolute Gasteiger partial charge is 0.491 e. The third-order valence-corrected chi connectivity index (χ3v) is 4.39. The summed E-state index contributed by atoms with van der Waals surface area (Å²) >= 11 is 0. The second-order valence-electron chi connectivity index (χ2n) is 6.31. The molecular formula is C18H23NO6. The van der Waals surface area contributed by atoms with Crippen LogP contribution in [0.1, 0.15) is 29.6 Å². The van der Waals surface area contributed by atoms with Gasteiger partial charge in [0.25, 0.3) is 5.91 Å². The third-order valence-electron chi connectivity index (χ3n) is 4.39. The van der Waals surface area contributed by atoms with Crippen molar-refractivity contribution in [3.8, 4) is 5.75 Å². The minimum Gasteiger partial charge on any atom is -0.491 e. The van der Waals surface area contributed by atoms with E-state index in [9.17, 15) is 9.59 Å². The van der Waals surface area contributed by atoms with Gasteiger partial charge in [-0.2, -0.15) is 0 Å². The maximum atomic E-state index is 12.6. The molecule has 1 N–H and O–H groups in total. The topological polar surface area (TPSA) is 85.3 Å². The Hall–Kier alpha value is -2.12. The summed E-state index contributed by atoms with van der Waals surface area (Å²) in [7, 11) is 0. The zero-order chi connectivity index (χ0) is 17.6. The fourth-order valence-electron chi connectivity index (χ4n) is 3.06. The number of carbonyl (C=O) groups is 2. The number of carboxylic acids is 1. The third kappa shape index (κ3) is 4.93. The van der Waals surface area contributed by atoms with Crippen LogP contribution in [0.2, 0.25) is 0 Å². The lowest BCUT2D eigenvalue weighted by molar-refractivity contribution is -0.141. The van der Waals surface area contributed by atoms with E-state index in [1.165, 1.54) is 0 Å². The molecule has 25 heavy (non-hydrogen) atoms. The molecule has 0 spiro atoms. The first-order valence-corrected chi connectivity index (χ1v) is 8.59. The van der Waals surface area contributed by atoms with E-state index in [1.54, 1.807) is 29.2 Å². The van der Waals surface area contributed by atoms with Gasteiger partial charge in [0.1, 0.15) is 12.4 Å². The Morgan fingerprint density at radius 2 is 1.92 bits per heavy atom. The van der Waals surface area contributed by atoms with Crippen molar-refractivity contribution in [3.05, 3.63) is 29.8 Å². The summed E-state index contributed by atoms with van der Waals surface area (Å²) in [5, 5.41) is 8.86. The van der Waals surface area contributed by atoms with Gasteiger partial charge < -0.3 is 24.2 Å². The lowest BCUT2D eigenvalue weighted by atomic mass is 10.1. The lowest BCUT2D eigenvalue weighted by Gasteiger charge is -2.32. The number of carboxylic acid groups (broad SMARTS) is 1. The SMILES string of the molecule is O=C(O)C[C@@H]1CN(C(=O)c2ccc(OC[C@@H]3CCCO3)cc2)CCO1. The van der Waals surface area contributed by atoms with E-state index in [0.717, 1.165) is 19.4 Å². The Kier molecular flexibility index (Phi) is 5.88. The number of ether oxygens (including phenoxy) is 3. The van der Waals surface area contributed by atoms with E-state index in [1.807, 2.05) is 0 Å². The molecule has 0 saturated carbocycles. The molecule has 2 heterocycles. The normalized spacial score (nSPS) is 23.4. The Morgan fingerprint density at radius 3 is 2.60 bits per heavy atom. The van der Waals surface area contributed by atoms with Gasteiger partial charge in [0, 0.05) is 25.3 Å². The average molecular weight is 349 g/mol. The Bertz CT molecular complexity index is 596. The predicted molar refractivity (Wildman–Crippen MR) is 88.8 cm³/mol. The molecule has 2 atom stereocenters. The molecule has 3 rings (SSSR count). The van der Waals surface area contributed by atoms with Crippen LogP contribution in [0.4, 0.5) is 0 Å². The van der Waals surface area contributed by atoms with Gasteiger partial charge in [-0.05, 0) is 37.1 Å². The van der Waals surface area contributed by atoms with Gasteiger partial charge in [-0.15, -0.1) is 0 Å². The molecule has 7 heteroatoms. The van der Waals surface area contributed by atoms with Gasteiger partial charge >= 0.3 is 5.97 Å². The molecule has 7 nitrogen and oxygen atoms in total. The summed E-state index contributed by atoms with van der Waals surface area (Å²) in [5.41, 5.74) is 0.556. The number of aliphatic carboxylic acids is 1. The Morgan fingerprint density at radius 1 is 1.16 bits per heavy atom. The van der Waals surface area contributed by atoms with Crippen molar-refractivity contribution < 1.29 is 28.9 Å². The first kappa shape index (κ1) is 17.7. The first-order valence-electron chi connectivity index (χ1n) is 8.59. The second kappa shape index (κ2) is 8.31. The van der Waals surface area contributed by atoms with Gasteiger partial charge in [0.05, 0.1) is 25.2 Å². The molecule has 1 aromatic carbocycles. The lowest BCUT2D eigenvalue weighted by Crippen LogP contribution is -2.46. The van der Waals surface area contributed by atoms with E-state index in [4.69, 9.17) is 19.3 Å². The highest BCUT2D eigenvalue weighted by Crippen LogP contribution is 2.18. The van der Waals surface area contributed by atoms with E-state index in [2.05, 4.69) is 0 Å². The highest BCUT2D eigenvalue weighted by Gasteiger charge is 2.26. The van der Waals surface area contributed by atoms with Gasteiger partial charge in [-0.25, -0.2) is 0 Å². The first-order chi connectivity index (χ1) is 12.1. The van der Waals surface area contributed by atoms with Crippen LogP contribution in [0.15, 0.2) is 24.3 Å². The van der Waals surface area contributed by atoms with Crippen molar-refractivity contribution in [2.24, 2.45) is 0 Å². The van der Waals surface area contributed by atoms with Crippen molar-refractivity contribution in [1.29, 1.82) is 0 Å². The maximum Gasteiger partial charge on any atom is 0.306 e. The van der Waals surface area contributed by atoms with Crippen LogP contribution < -0.4 is 4.74 Å². The molecule has 1 amide bonds. The summed E-state index contributed by atoms with van der Waals surface area (Å²) in [6.45, 7) is 2.43. The van der Waals surface area contributed by atoms with Crippen molar-refractivity contribution in [3.63, 3.8) is 0 Å². The van der Waals surface area contributed by atoms with E-state index >= 15 is 0 Å². The molecular weight excluding hydrogens is 326 g/mol. The quantitative estimate of drug-likeness (QED) is 0.839. The Balaban J connectivity index is 1.53. The number of hydrogen-bond acceptors (Lipinski definition) is 5. The predicted octanol–water partition coefficient (Wildman–Crippen LogP) is 1.56. The number of benzene rings is 1.